The number of allylic oxidation sites excluding steroid dienone is 1. The second kappa shape index (κ2) is 27.7. The van der Waals surface area contributed by atoms with Gasteiger partial charge < -0.3 is 19.7 Å². The van der Waals surface area contributed by atoms with Crippen molar-refractivity contribution in [2.24, 2.45) is 0 Å². The first-order valence-electron chi connectivity index (χ1n) is 19.1. The van der Waals surface area contributed by atoms with Crippen LogP contribution >= 0.6 is 0 Å². The van der Waals surface area contributed by atoms with Crippen LogP contribution in [0.3, 0.4) is 0 Å². The number of aliphatic hydroxyl groups is 2. The molecule has 2 N–H and O–H groups in total. The third-order valence-electron chi connectivity index (χ3n) is 9.93. The molecule has 298 valence electrons. The van der Waals surface area contributed by atoms with Crippen molar-refractivity contribution in [3.8, 4) is 11.1 Å². The standard InChI is InChI=1S/C40H51F3O.C4H6O2.CH4O.CH2O/c1-5-6-7-11-29-14-23-36(37(41)25-29)35-26-38(42)40(39(43)27-35)34-21-19-33(20-22-34)32-17-15-31(16-18-32)30(13-9-24-44-4)12-8-10-28(2)3;1-4(2-5)3-6;2*1-2/h14-18,23,25-27,30,33-34H,2,5-13,19-22,24H2,1,3-4H3;2,6H,1,3H2;2H,1H3;1H2. The quantitative estimate of drug-likeness (QED) is 0.0585. The number of halogens is 3. The van der Waals surface area contributed by atoms with Crippen molar-refractivity contribution in [2.75, 3.05) is 27.4 Å². The maximum Gasteiger partial charge on any atom is 0.147 e. The maximum absolute atomic E-state index is 15.4. The molecular formula is C46H63F3O5. The lowest BCUT2D eigenvalue weighted by molar-refractivity contribution is -0.105. The molecule has 0 radical (unpaired) electrons. The summed E-state index contributed by atoms with van der Waals surface area (Å²) in [5, 5.41) is 15.0. The number of methoxy groups -OCH3 is 1. The molecule has 0 heterocycles. The molecule has 1 atom stereocenters. The second-order valence-electron chi connectivity index (χ2n) is 14.0. The predicted octanol–water partition coefficient (Wildman–Crippen LogP) is 11.4. The van der Waals surface area contributed by atoms with E-state index in [0.29, 0.717) is 18.1 Å². The summed E-state index contributed by atoms with van der Waals surface area (Å²) in [5.74, 6) is -0.809. The highest BCUT2D eigenvalue weighted by Gasteiger charge is 2.28. The molecular weight excluding hydrogens is 689 g/mol. The normalized spacial score (nSPS) is 15.3. The summed E-state index contributed by atoms with van der Waals surface area (Å²) in [6.45, 7) is 14.0. The smallest absolute Gasteiger partial charge is 0.147 e. The topological polar surface area (TPSA) is 83.8 Å². The van der Waals surface area contributed by atoms with Gasteiger partial charge >= 0.3 is 0 Å². The molecule has 1 aliphatic carbocycles. The van der Waals surface area contributed by atoms with E-state index in [9.17, 15) is 9.18 Å². The van der Waals surface area contributed by atoms with Crippen LogP contribution in [0.4, 0.5) is 13.2 Å². The lowest BCUT2D eigenvalue weighted by Crippen LogP contribution is -2.15. The number of aldehydes is 1. The number of rotatable bonds is 18. The highest BCUT2D eigenvalue weighted by atomic mass is 19.1. The predicted molar refractivity (Wildman–Crippen MR) is 215 cm³/mol. The van der Waals surface area contributed by atoms with E-state index >= 15 is 8.78 Å². The molecule has 0 aromatic heterocycles. The molecule has 1 aliphatic rings. The van der Waals surface area contributed by atoms with Crippen LogP contribution < -0.4 is 0 Å². The summed E-state index contributed by atoms with van der Waals surface area (Å²) >= 11 is 0. The van der Waals surface area contributed by atoms with E-state index in [0.717, 1.165) is 103 Å². The molecule has 54 heavy (non-hydrogen) atoms. The van der Waals surface area contributed by atoms with E-state index in [2.05, 4.69) is 51.3 Å². The highest BCUT2D eigenvalue weighted by molar-refractivity contribution is 5.72. The van der Waals surface area contributed by atoms with Gasteiger partial charge in [0, 0.05) is 37.5 Å². The van der Waals surface area contributed by atoms with Gasteiger partial charge in [0.2, 0.25) is 0 Å². The zero-order valence-electron chi connectivity index (χ0n) is 33.0. The van der Waals surface area contributed by atoms with Gasteiger partial charge in [0.05, 0.1) is 6.61 Å². The van der Waals surface area contributed by atoms with E-state index < -0.39 is 17.5 Å². The molecule has 1 unspecified atom stereocenters. The first-order valence-corrected chi connectivity index (χ1v) is 19.1. The monoisotopic (exact) mass is 752 g/mol. The fraction of sp³-hybridized carbons (Fsp3) is 0.478. The van der Waals surface area contributed by atoms with E-state index in [1.165, 1.54) is 34.9 Å². The van der Waals surface area contributed by atoms with Gasteiger partial charge in [-0.05, 0) is 136 Å². The Morgan fingerprint density at radius 3 is 1.94 bits per heavy atom. The second-order valence-corrected chi connectivity index (χ2v) is 14.0. The molecule has 0 bridgehead atoms. The van der Waals surface area contributed by atoms with Gasteiger partial charge in [-0.1, -0.05) is 68.3 Å². The van der Waals surface area contributed by atoms with E-state index in [4.69, 9.17) is 19.7 Å². The molecule has 3 aromatic rings. The van der Waals surface area contributed by atoms with Gasteiger partial charge in [-0.15, -0.1) is 6.58 Å². The minimum Gasteiger partial charge on any atom is -0.400 e. The minimum atomic E-state index is -0.564. The molecule has 4 rings (SSSR count). The largest absolute Gasteiger partial charge is 0.400 e. The van der Waals surface area contributed by atoms with Crippen LogP contribution in [0.25, 0.3) is 11.1 Å². The number of carbonyl (C=O) groups is 2. The summed E-state index contributed by atoms with van der Waals surface area (Å²) in [4.78, 5) is 17.5. The fourth-order valence-corrected chi connectivity index (χ4v) is 7.05. The molecule has 0 amide bonds. The van der Waals surface area contributed by atoms with Gasteiger partial charge in [0.15, 0.2) is 0 Å². The van der Waals surface area contributed by atoms with Crippen molar-refractivity contribution in [1.82, 2.24) is 0 Å². The minimum absolute atomic E-state index is 0.160. The lowest BCUT2D eigenvalue weighted by atomic mass is 9.75. The number of hydrogen-bond donors (Lipinski definition) is 2. The zero-order chi connectivity index (χ0) is 40.5. The number of aliphatic hydroxyl groups excluding tert-OH is 2. The van der Waals surface area contributed by atoms with E-state index in [1.54, 1.807) is 13.2 Å². The van der Waals surface area contributed by atoms with Gasteiger partial charge in [0.1, 0.15) is 30.5 Å². The fourth-order valence-electron chi connectivity index (χ4n) is 7.05. The summed E-state index contributed by atoms with van der Waals surface area (Å²) in [5.41, 5.74) is 5.74. The SMILES string of the molecule is C=C(C)CCCC(CCCOC)c1ccc(C2CCC(c3c(F)cc(-c4ccc(CCCCC)cc4F)cc3F)CC2)cc1.C=C(C=O)CO.C=O.CO. The number of ether oxygens (including phenoxy) is 1. The Balaban J connectivity index is 0.00000131. The Morgan fingerprint density at radius 2 is 1.44 bits per heavy atom. The maximum atomic E-state index is 15.4. The zero-order valence-corrected chi connectivity index (χ0v) is 33.0. The van der Waals surface area contributed by atoms with Crippen LogP contribution in [-0.4, -0.2) is 50.7 Å². The summed E-state index contributed by atoms with van der Waals surface area (Å²) in [7, 11) is 2.76. The molecule has 0 saturated heterocycles. The average Bonchev–Trinajstić information content (AvgIpc) is 3.19. The van der Waals surface area contributed by atoms with Crippen molar-refractivity contribution in [2.45, 2.75) is 115 Å². The number of aryl methyl sites for hydroxylation is 1. The molecule has 5 nitrogen and oxygen atoms in total. The van der Waals surface area contributed by atoms with Gasteiger partial charge in [-0.2, -0.15) is 0 Å². The number of benzene rings is 3. The Hall–Kier alpha value is -3.85. The number of hydrogen-bond acceptors (Lipinski definition) is 5. The van der Waals surface area contributed by atoms with Crippen LogP contribution in [-0.2, 0) is 20.7 Å². The van der Waals surface area contributed by atoms with Crippen molar-refractivity contribution < 1.29 is 37.7 Å². The summed E-state index contributed by atoms with van der Waals surface area (Å²) in [6.07, 6.45) is 13.3. The summed E-state index contributed by atoms with van der Waals surface area (Å²) < 4.78 is 51.0. The molecule has 3 aromatic carbocycles. The Labute approximate surface area is 322 Å². The van der Waals surface area contributed by atoms with Crippen molar-refractivity contribution in [3.05, 3.63) is 119 Å². The van der Waals surface area contributed by atoms with Crippen LogP contribution in [0.2, 0.25) is 0 Å². The third-order valence-corrected chi connectivity index (χ3v) is 9.93. The van der Waals surface area contributed by atoms with Gasteiger partial charge in [-0.3, -0.25) is 4.79 Å². The van der Waals surface area contributed by atoms with Crippen LogP contribution in [0, 0.1) is 17.5 Å². The molecule has 8 heteroatoms. The van der Waals surface area contributed by atoms with Crippen molar-refractivity contribution in [1.29, 1.82) is 0 Å². The molecule has 0 aliphatic heterocycles. The number of unbranched alkanes of at least 4 members (excludes halogenated alkanes) is 2. The lowest BCUT2D eigenvalue weighted by Gasteiger charge is -2.30. The first-order chi connectivity index (χ1) is 26.1. The highest BCUT2D eigenvalue weighted by Crippen LogP contribution is 2.43. The molecule has 1 saturated carbocycles. The van der Waals surface area contributed by atoms with Gasteiger partial charge in [0.25, 0.3) is 0 Å². The first kappa shape index (κ1) is 48.2. The Kier molecular flexibility index (Phi) is 24.7. The van der Waals surface area contributed by atoms with Gasteiger partial charge in [-0.25, -0.2) is 13.2 Å². The van der Waals surface area contributed by atoms with Crippen LogP contribution in [0.5, 0.6) is 0 Å². The Bertz CT molecular complexity index is 1510. The van der Waals surface area contributed by atoms with Crippen molar-refractivity contribution in [3.63, 3.8) is 0 Å². The van der Waals surface area contributed by atoms with E-state index in [1.807, 2.05) is 12.9 Å². The summed E-state index contributed by atoms with van der Waals surface area (Å²) in [6, 6.07) is 16.8. The molecule has 0 spiro atoms. The van der Waals surface area contributed by atoms with Crippen molar-refractivity contribution >= 4 is 13.1 Å². The Morgan fingerprint density at radius 1 is 0.852 bits per heavy atom. The number of carbonyl (C=O) groups excluding carboxylic acids is 2. The molecule has 1 fully saturated rings. The average molecular weight is 753 g/mol. The van der Waals surface area contributed by atoms with Crippen LogP contribution in [0.15, 0.2) is 78.9 Å². The third kappa shape index (κ3) is 16.3. The van der Waals surface area contributed by atoms with E-state index in [-0.39, 0.29) is 34.8 Å². The van der Waals surface area contributed by atoms with Crippen LogP contribution in [0.1, 0.15) is 131 Å².